The first-order valence-corrected chi connectivity index (χ1v) is 9.72. The minimum atomic E-state index is -0.355. The molecular formula is C21H20Cl2N4O2. The van der Waals surface area contributed by atoms with E-state index < -0.39 is 0 Å². The smallest absolute Gasteiger partial charge is 0.259 e. The molecule has 150 valence electrons. The van der Waals surface area contributed by atoms with Gasteiger partial charge in [0.25, 0.3) is 11.8 Å². The molecule has 29 heavy (non-hydrogen) atoms. The van der Waals surface area contributed by atoms with Gasteiger partial charge in [-0.2, -0.15) is 5.10 Å². The molecule has 0 bridgehead atoms. The molecule has 0 aliphatic heterocycles. The number of carbonyl (C=O) groups is 2. The zero-order valence-electron chi connectivity index (χ0n) is 16.2. The number of nitrogens with zero attached hydrogens (tertiary/aromatic N) is 3. The van der Waals surface area contributed by atoms with Crippen molar-refractivity contribution in [3.63, 3.8) is 0 Å². The molecule has 3 rings (SSSR count). The van der Waals surface area contributed by atoms with Gasteiger partial charge in [-0.15, -0.1) is 0 Å². The maximum Gasteiger partial charge on any atom is 0.259 e. The highest BCUT2D eigenvalue weighted by Gasteiger charge is 2.19. The lowest BCUT2D eigenvalue weighted by Gasteiger charge is -2.13. The van der Waals surface area contributed by atoms with Crippen molar-refractivity contribution in [2.24, 2.45) is 0 Å². The Kier molecular flexibility index (Phi) is 6.25. The second-order valence-corrected chi connectivity index (χ2v) is 7.44. The van der Waals surface area contributed by atoms with Crippen molar-refractivity contribution in [2.45, 2.75) is 13.3 Å². The molecule has 0 fully saturated rings. The van der Waals surface area contributed by atoms with Gasteiger partial charge in [0.1, 0.15) is 0 Å². The zero-order chi connectivity index (χ0) is 21.1. The van der Waals surface area contributed by atoms with E-state index >= 15 is 0 Å². The van der Waals surface area contributed by atoms with E-state index in [0.717, 1.165) is 11.4 Å². The SMILES string of the molecule is CCc1c(C(=O)Nc2cc(C(=O)N(C)C)ccc2Cl)cnn1-c1cccc(Cl)c1. The van der Waals surface area contributed by atoms with Crippen LogP contribution in [-0.2, 0) is 6.42 Å². The van der Waals surface area contributed by atoms with Gasteiger partial charge in [-0.3, -0.25) is 9.59 Å². The second kappa shape index (κ2) is 8.68. The third kappa shape index (κ3) is 4.44. The van der Waals surface area contributed by atoms with E-state index in [1.54, 1.807) is 49.1 Å². The number of amides is 2. The Hall–Kier alpha value is -2.83. The van der Waals surface area contributed by atoms with Crippen LogP contribution in [0.5, 0.6) is 0 Å². The lowest BCUT2D eigenvalue weighted by atomic mass is 10.1. The summed E-state index contributed by atoms with van der Waals surface area (Å²) in [5.74, 6) is -0.535. The Labute approximate surface area is 179 Å². The maximum absolute atomic E-state index is 12.9. The van der Waals surface area contributed by atoms with E-state index in [9.17, 15) is 9.59 Å². The van der Waals surface area contributed by atoms with E-state index in [-0.39, 0.29) is 11.8 Å². The molecule has 0 aliphatic rings. The van der Waals surface area contributed by atoms with Crippen LogP contribution in [0.4, 0.5) is 5.69 Å². The van der Waals surface area contributed by atoms with E-state index in [1.807, 2.05) is 19.1 Å². The van der Waals surface area contributed by atoms with Gasteiger partial charge in [-0.05, 0) is 42.8 Å². The molecule has 0 spiro atoms. The van der Waals surface area contributed by atoms with Crippen molar-refractivity contribution in [2.75, 3.05) is 19.4 Å². The van der Waals surface area contributed by atoms with Crippen LogP contribution in [-0.4, -0.2) is 40.6 Å². The van der Waals surface area contributed by atoms with Crippen molar-refractivity contribution in [3.05, 3.63) is 75.5 Å². The molecule has 6 nitrogen and oxygen atoms in total. The number of hydrogen-bond donors (Lipinski definition) is 1. The lowest BCUT2D eigenvalue weighted by Crippen LogP contribution is -2.22. The molecular weight excluding hydrogens is 411 g/mol. The number of anilines is 1. The average Bonchev–Trinajstić information content (AvgIpc) is 3.13. The summed E-state index contributed by atoms with van der Waals surface area (Å²) in [7, 11) is 3.32. The molecule has 1 aromatic heterocycles. The van der Waals surface area contributed by atoms with Gasteiger partial charge >= 0.3 is 0 Å². The zero-order valence-corrected chi connectivity index (χ0v) is 17.8. The molecule has 0 atom stereocenters. The lowest BCUT2D eigenvalue weighted by molar-refractivity contribution is 0.0827. The molecule has 2 amide bonds. The normalized spacial score (nSPS) is 10.7. The Bertz CT molecular complexity index is 1080. The van der Waals surface area contributed by atoms with Gasteiger partial charge in [0, 0.05) is 24.7 Å². The second-order valence-electron chi connectivity index (χ2n) is 6.60. The first-order valence-electron chi connectivity index (χ1n) is 8.97. The van der Waals surface area contributed by atoms with Crippen LogP contribution in [0.1, 0.15) is 33.3 Å². The Morgan fingerprint density at radius 2 is 1.90 bits per heavy atom. The fourth-order valence-corrected chi connectivity index (χ4v) is 3.29. The Morgan fingerprint density at radius 1 is 1.14 bits per heavy atom. The first kappa shape index (κ1) is 20.9. The van der Waals surface area contributed by atoms with Crippen LogP contribution < -0.4 is 5.32 Å². The van der Waals surface area contributed by atoms with E-state index in [4.69, 9.17) is 23.2 Å². The fraction of sp³-hybridized carbons (Fsp3) is 0.190. The van der Waals surface area contributed by atoms with Crippen molar-refractivity contribution < 1.29 is 9.59 Å². The average molecular weight is 431 g/mol. The molecule has 3 aromatic rings. The summed E-state index contributed by atoms with van der Waals surface area (Å²) in [6.45, 7) is 1.94. The van der Waals surface area contributed by atoms with Crippen LogP contribution >= 0.6 is 23.2 Å². The molecule has 0 saturated heterocycles. The van der Waals surface area contributed by atoms with Gasteiger partial charge in [0.05, 0.1) is 33.9 Å². The Balaban J connectivity index is 1.92. The van der Waals surface area contributed by atoms with Crippen LogP contribution in [0.25, 0.3) is 5.69 Å². The molecule has 2 aromatic carbocycles. The van der Waals surface area contributed by atoms with Gasteiger partial charge in [0.2, 0.25) is 0 Å². The number of hydrogen-bond acceptors (Lipinski definition) is 3. The Morgan fingerprint density at radius 3 is 2.55 bits per heavy atom. The highest BCUT2D eigenvalue weighted by atomic mass is 35.5. The molecule has 0 unspecified atom stereocenters. The van der Waals surface area contributed by atoms with E-state index in [2.05, 4.69) is 10.4 Å². The van der Waals surface area contributed by atoms with Crippen LogP contribution in [0.2, 0.25) is 10.0 Å². The van der Waals surface area contributed by atoms with E-state index in [0.29, 0.717) is 33.3 Å². The van der Waals surface area contributed by atoms with Crippen molar-refractivity contribution in [1.29, 1.82) is 0 Å². The third-order valence-electron chi connectivity index (χ3n) is 4.37. The highest BCUT2D eigenvalue weighted by Crippen LogP contribution is 2.25. The molecule has 0 radical (unpaired) electrons. The van der Waals surface area contributed by atoms with Crippen molar-refractivity contribution in [1.82, 2.24) is 14.7 Å². The number of halogens is 2. The number of carbonyl (C=O) groups excluding carboxylic acids is 2. The van der Waals surface area contributed by atoms with Crippen LogP contribution in [0, 0.1) is 0 Å². The van der Waals surface area contributed by atoms with Gasteiger partial charge in [0.15, 0.2) is 0 Å². The molecule has 0 aliphatic carbocycles. The quantitative estimate of drug-likeness (QED) is 0.637. The van der Waals surface area contributed by atoms with E-state index in [1.165, 1.54) is 11.1 Å². The maximum atomic E-state index is 12.9. The van der Waals surface area contributed by atoms with Crippen molar-refractivity contribution >= 4 is 40.7 Å². The summed E-state index contributed by atoms with van der Waals surface area (Å²) in [6.07, 6.45) is 2.10. The number of benzene rings is 2. The largest absolute Gasteiger partial charge is 0.345 e. The highest BCUT2D eigenvalue weighted by molar-refractivity contribution is 6.34. The van der Waals surface area contributed by atoms with Gasteiger partial charge in [-0.25, -0.2) is 4.68 Å². The topological polar surface area (TPSA) is 67.2 Å². The number of nitrogens with one attached hydrogen (secondary N) is 1. The summed E-state index contributed by atoms with van der Waals surface area (Å²) < 4.78 is 1.69. The van der Waals surface area contributed by atoms with Gasteiger partial charge < -0.3 is 10.2 Å². The predicted octanol–water partition coefficient (Wildman–Crippen LogP) is 4.70. The van der Waals surface area contributed by atoms with Crippen molar-refractivity contribution in [3.8, 4) is 5.69 Å². The van der Waals surface area contributed by atoms with Gasteiger partial charge in [-0.1, -0.05) is 36.2 Å². The predicted molar refractivity (Wildman–Crippen MR) is 115 cm³/mol. The monoisotopic (exact) mass is 430 g/mol. The fourth-order valence-electron chi connectivity index (χ4n) is 2.94. The summed E-state index contributed by atoms with van der Waals surface area (Å²) >= 11 is 12.3. The van der Waals surface area contributed by atoms with Crippen LogP contribution in [0.3, 0.4) is 0 Å². The standard InChI is InChI=1S/C21H20Cl2N4O2/c1-4-19-16(12-24-27(19)15-7-5-6-14(22)11-15)20(28)25-18-10-13(8-9-17(18)23)21(29)26(2)3/h5-12H,4H2,1-3H3,(H,25,28). The summed E-state index contributed by atoms with van der Waals surface area (Å²) in [5.41, 5.74) is 2.72. The molecule has 8 heteroatoms. The minimum absolute atomic E-state index is 0.180. The molecule has 1 heterocycles. The molecule has 0 saturated carbocycles. The third-order valence-corrected chi connectivity index (χ3v) is 4.93. The summed E-state index contributed by atoms with van der Waals surface area (Å²) in [6, 6.07) is 12.0. The number of aromatic nitrogens is 2. The summed E-state index contributed by atoms with van der Waals surface area (Å²) in [5, 5.41) is 8.07. The van der Waals surface area contributed by atoms with Crippen LogP contribution in [0.15, 0.2) is 48.7 Å². The first-order chi connectivity index (χ1) is 13.8. The molecule has 1 N–H and O–H groups in total. The number of rotatable bonds is 5. The summed E-state index contributed by atoms with van der Waals surface area (Å²) in [4.78, 5) is 26.6. The minimum Gasteiger partial charge on any atom is -0.345 e.